The highest BCUT2D eigenvalue weighted by molar-refractivity contribution is 5.94. The van der Waals surface area contributed by atoms with E-state index in [2.05, 4.69) is 34.7 Å². The fourth-order valence-electron chi connectivity index (χ4n) is 2.04. The summed E-state index contributed by atoms with van der Waals surface area (Å²) in [4.78, 5) is 34.6. The molecule has 0 unspecified atom stereocenters. The van der Waals surface area contributed by atoms with Gasteiger partial charge in [0.25, 0.3) is 17.4 Å². The normalized spacial score (nSPS) is 10.5. The molecule has 1 aromatic heterocycles. The minimum Gasteiger partial charge on any atom is -0.350 e. The molecule has 0 aliphatic rings. The standard InChI is InChI=1S/C17H20N4O3/c1-11(2)12-3-5-13(6-4-12)16(23)18-9-10-19-17(24)14-7-8-15(22)21-20-14/h3-8,11H,9-10H2,1-2H3,(H,18,23)(H,19,24)(H,21,22). The molecule has 0 bridgehead atoms. The van der Waals surface area contributed by atoms with E-state index < -0.39 is 5.91 Å². The lowest BCUT2D eigenvalue weighted by Gasteiger charge is -2.08. The second kappa shape index (κ2) is 8.05. The van der Waals surface area contributed by atoms with Gasteiger partial charge in [-0.25, -0.2) is 5.10 Å². The molecule has 0 atom stereocenters. The monoisotopic (exact) mass is 328 g/mol. The van der Waals surface area contributed by atoms with Crippen molar-refractivity contribution in [1.82, 2.24) is 20.8 Å². The van der Waals surface area contributed by atoms with Crippen molar-refractivity contribution in [3.63, 3.8) is 0 Å². The van der Waals surface area contributed by atoms with Gasteiger partial charge in [0.05, 0.1) is 0 Å². The molecular formula is C17H20N4O3. The first-order chi connectivity index (χ1) is 11.5. The number of carbonyl (C=O) groups is 2. The third-order valence-electron chi connectivity index (χ3n) is 3.45. The fraction of sp³-hybridized carbons (Fsp3) is 0.294. The summed E-state index contributed by atoms with van der Waals surface area (Å²) in [6.45, 7) is 4.74. The van der Waals surface area contributed by atoms with E-state index in [1.165, 1.54) is 17.7 Å². The van der Waals surface area contributed by atoms with E-state index in [9.17, 15) is 14.4 Å². The first-order valence-electron chi connectivity index (χ1n) is 7.69. The molecule has 0 saturated heterocycles. The molecule has 0 aliphatic heterocycles. The summed E-state index contributed by atoms with van der Waals surface area (Å²) in [7, 11) is 0. The Bertz CT molecular complexity index is 746. The second-order valence-electron chi connectivity index (χ2n) is 5.59. The molecule has 0 saturated carbocycles. The van der Waals surface area contributed by atoms with Crippen molar-refractivity contribution in [2.24, 2.45) is 0 Å². The average Bonchev–Trinajstić information content (AvgIpc) is 2.59. The number of aromatic nitrogens is 2. The van der Waals surface area contributed by atoms with E-state index >= 15 is 0 Å². The number of carbonyl (C=O) groups excluding carboxylic acids is 2. The number of hydrogen-bond donors (Lipinski definition) is 3. The van der Waals surface area contributed by atoms with Gasteiger partial charge in [0, 0.05) is 24.7 Å². The molecule has 1 heterocycles. The largest absolute Gasteiger partial charge is 0.350 e. The molecule has 24 heavy (non-hydrogen) atoms. The van der Waals surface area contributed by atoms with Gasteiger partial charge in [-0.2, -0.15) is 5.10 Å². The van der Waals surface area contributed by atoms with E-state index in [1.54, 1.807) is 12.1 Å². The lowest BCUT2D eigenvalue weighted by Crippen LogP contribution is -2.35. The molecule has 7 nitrogen and oxygen atoms in total. The highest BCUT2D eigenvalue weighted by Crippen LogP contribution is 2.14. The molecule has 0 spiro atoms. The first-order valence-corrected chi connectivity index (χ1v) is 7.69. The molecule has 0 fully saturated rings. The molecule has 0 aliphatic carbocycles. The van der Waals surface area contributed by atoms with Crippen LogP contribution in [0.2, 0.25) is 0 Å². The Kier molecular flexibility index (Phi) is 5.83. The van der Waals surface area contributed by atoms with Gasteiger partial charge in [-0.1, -0.05) is 26.0 Å². The molecule has 2 rings (SSSR count). The van der Waals surface area contributed by atoms with Crippen LogP contribution in [-0.4, -0.2) is 35.1 Å². The summed E-state index contributed by atoms with van der Waals surface area (Å²) in [5.74, 6) is -0.192. The van der Waals surface area contributed by atoms with Crippen LogP contribution in [0.15, 0.2) is 41.2 Å². The van der Waals surface area contributed by atoms with Gasteiger partial charge >= 0.3 is 0 Å². The third-order valence-corrected chi connectivity index (χ3v) is 3.45. The lowest BCUT2D eigenvalue weighted by molar-refractivity contribution is 0.0924. The Balaban J connectivity index is 1.77. The molecule has 126 valence electrons. The number of amides is 2. The van der Waals surface area contributed by atoms with Crippen LogP contribution >= 0.6 is 0 Å². The number of hydrogen-bond acceptors (Lipinski definition) is 4. The third kappa shape index (κ3) is 4.77. The summed E-state index contributed by atoms with van der Waals surface area (Å²) in [6, 6.07) is 10.0. The van der Waals surface area contributed by atoms with Gasteiger partial charge in [0.1, 0.15) is 5.69 Å². The maximum atomic E-state index is 12.0. The zero-order valence-electron chi connectivity index (χ0n) is 13.6. The Morgan fingerprint density at radius 3 is 2.17 bits per heavy atom. The van der Waals surface area contributed by atoms with Crippen LogP contribution in [0, 0.1) is 0 Å². The fourth-order valence-corrected chi connectivity index (χ4v) is 2.04. The van der Waals surface area contributed by atoms with Crippen molar-refractivity contribution < 1.29 is 9.59 Å². The van der Waals surface area contributed by atoms with Crippen LogP contribution in [0.4, 0.5) is 0 Å². The van der Waals surface area contributed by atoms with Gasteiger partial charge in [0.2, 0.25) is 0 Å². The molecule has 2 amide bonds. The summed E-state index contributed by atoms with van der Waals surface area (Å²) in [5.41, 5.74) is 1.49. The molecule has 2 aromatic rings. The SMILES string of the molecule is CC(C)c1ccc(C(=O)NCCNC(=O)c2ccc(=O)[nH]n2)cc1. The minimum absolute atomic E-state index is 0.116. The van der Waals surface area contributed by atoms with E-state index in [-0.39, 0.29) is 23.7 Å². The zero-order valence-corrected chi connectivity index (χ0v) is 13.6. The predicted molar refractivity (Wildman–Crippen MR) is 90.1 cm³/mol. The number of nitrogens with one attached hydrogen (secondary N) is 3. The van der Waals surface area contributed by atoms with Gasteiger partial charge in [-0.15, -0.1) is 0 Å². The lowest BCUT2D eigenvalue weighted by atomic mass is 10.0. The van der Waals surface area contributed by atoms with Gasteiger partial charge in [0.15, 0.2) is 0 Å². The van der Waals surface area contributed by atoms with Gasteiger partial charge in [-0.05, 0) is 29.7 Å². The van der Waals surface area contributed by atoms with Crippen molar-refractivity contribution in [3.05, 3.63) is 63.6 Å². The molecule has 7 heteroatoms. The molecule has 1 aromatic carbocycles. The highest BCUT2D eigenvalue weighted by Gasteiger charge is 2.08. The zero-order chi connectivity index (χ0) is 17.5. The summed E-state index contributed by atoms with van der Waals surface area (Å²) < 4.78 is 0. The quantitative estimate of drug-likeness (QED) is 0.690. The summed E-state index contributed by atoms with van der Waals surface area (Å²) in [6.07, 6.45) is 0. The summed E-state index contributed by atoms with van der Waals surface area (Å²) >= 11 is 0. The Labute approximate surface area is 139 Å². The Morgan fingerprint density at radius 2 is 1.62 bits per heavy atom. The number of H-pyrrole nitrogens is 1. The molecule has 0 radical (unpaired) electrons. The van der Waals surface area contributed by atoms with E-state index in [4.69, 9.17) is 0 Å². The van der Waals surface area contributed by atoms with Crippen LogP contribution in [0.25, 0.3) is 0 Å². The van der Waals surface area contributed by atoms with Crippen molar-refractivity contribution >= 4 is 11.8 Å². The number of rotatable bonds is 6. The van der Waals surface area contributed by atoms with Crippen LogP contribution in [0.5, 0.6) is 0 Å². The van der Waals surface area contributed by atoms with Crippen molar-refractivity contribution in [3.8, 4) is 0 Å². The maximum Gasteiger partial charge on any atom is 0.271 e. The van der Waals surface area contributed by atoms with E-state index in [1.807, 2.05) is 12.1 Å². The van der Waals surface area contributed by atoms with Crippen LogP contribution in [-0.2, 0) is 0 Å². The summed E-state index contributed by atoms with van der Waals surface area (Å²) in [5, 5.41) is 11.2. The second-order valence-corrected chi connectivity index (χ2v) is 5.59. The topological polar surface area (TPSA) is 104 Å². The van der Waals surface area contributed by atoms with Crippen LogP contribution < -0.4 is 16.2 Å². The number of benzene rings is 1. The predicted octanol–water partition coefficient (Wildman–Crippen LogP) is 1.05. The first kappa shape index (κ1) is 17.4. The minimum atomic E-state index is -0.415. The van der Waals surface area contributed by atoms with E-state index in [0.717, 1.165) is 0 Å². The molecular weight excluding hydrogens is 308 g/mol. The van der Waals surface area contributed by atoms with Crippen molar-refractivity contribution in [2.45, 2.75) is 19.8 Å². The van der Waals surface area contributed by atoms with Crippen molar-refractivity contribution in [2.75, 3.05) is 13.1 Å². The maximum absolute atomic E-state index is 12.0. The van der Waals surface area contributed by atoms with E-state index in [0.29, 0.717) is 18.0 Å². The van der Waals surface area contributed by atoms with Crippen LogP contribution in [0.1, 0.15) is 46.2 Å². The highest BCUT2D eigenvalue weighted by atomic mass is 16.2. The Morgan fingerprint density at radius 1 is 1.00 bits per heavy atom. The Hall–Kier alpha value is -2.96. The molecule has 3 N–H and O–H groups in total. The van der Waals surface area contributed by atoms with Gasteiger partial charge in [-0.3, -0.25) is 14.4 Å². The number of aromatic amines is 1. The van der Waals surface area contributed by atoms with Gasteiger partial charge < -0.3 is 10.6 Å². The van der Waals surface area contributed by atoms with Crippen molar-refractivity contribution in [1.29, 1.82) is 0 Å². The van der Waals surface area contributed by atoms with Crippen LogP contribution in [0.3, 0.4) is 0 Å². The smallest absolute Gasteiger partial charge is 0.271 e. The number of nitrogens with zero attached hydrogens (tertiary/aromatic N) is 1. The average molecular weight is 328 g/mol.